The van der Waals surface area contributed by atoms with Gasteiger partial charge in [0.15, 0.2) is 6.17 Å². The lowest BCUT2D eigenvalue weighted by Crippen LogP contribution is -2.33. The van der Waals surface area contributed by atoms with Crippen molar-refractivity contribution in [3.63, 3.8) is 0 Å². The molecule has 13 heteroatoms. The molecule has 0 bridgehead atoms. The summed E-state index contributed by atoms with van der Waals surface area (Å²) < 4.78 is 44.9. The number of anilines is 1. The van der Waals surface area contributed by atoms with Gasteiger partial charge in [-0.3, -0.25) is 18.1 Å². The normalized spacial score (nSPS) is 33.5. The number of hydrogen-bond donors (Lipinski definition) is 2. The number of nitrogens with two attached hydrogens (primary N) is 1. The number of nitrogens with zero attached hydrogens (tertiary/aromatic N) is 2. The van der Waals surface area contributed by atoms with E-state index >= 15 is 0 Å². The van der Waals surface area contributed by atoms with E-state index in [0.29, 0.717) is 11.4 Å². The Labute approximate surface area is 186 Å². The average Bonchev–Trinajstić information content (AvgIpc) is 3.01. The summed E-state index contributed by atoms with van der Waals surface area (Å²) in [6.07, 6.45) is -2.00. The van der Waals surface area contributed by atoms with E-state index in [2.05, 4.69) is 4.98 Å². The Morgan fingerprint density at radius 3 is 3.00 bits per heavy atom. The van der Waals surface area contributed by atoms with Crippen molar-refractivity contribution in [2.24, 2.45) is 0 Å². The standard InChI is InChI=1S/C18H20ClFN3O6PS/c19-11-3-1-2-10(8-11)12-5-7-27-30(26,29-12)28-9-13-16(24)15(20)17(31-13)23-6-4-14(21)22-18(23)25/h1-4,6,8,12-13,15-17,24H,5,7,9H2,(H2,21,22,25)/t12?,13-,15+,16-,17-,30?/m1/s1. The van der Waals surface area contributed by atoms with Crippen molar-refractivity contribution in [2.45, 2.75) is 35.4 Å². The first-order chi connectivity index (χ1) is 14.8. The molecule has 2 fully saturated rings. The van der Waals surface area contributed by atoms with Gasteiger partial charge in [0, 0.05) is 17.6 Å². The molecule has 6 atom stereocenters. The molecular weight excluding hydrogens is 472 g/mol. The number of thioether (sulfide) groups is 1. The zero-order valence-electron chi connectivity index (χ0n) is 16.0. The highest BCUT2D eigenvalue weighted by atomic mass is 35.5. The highest BCUT2D eigenvalue weighted by Gasteiger charge is 2.47. The highest BCUT2D eigenvalue weighted by molar-refractivity contribution is 8.00. The number of phosphoric ester groups is 1. The Kier molecular flexibility index (Phi) is 6.73. The third kappa shape index (κ3) is 4.98. The number of aromatic nitrogens is 2. The molecule has 2 unspecified atom stereocenters. The van der Waals surface area contributed by atoms with Crippen LogP contribution < -0.4 is 11.4 Å². The van der Waals surface area contributed by atoms with Gasteiger partial charge in [-0.25, -0.2) is 13.8 Å². The molecule has 1 aromatic heterocycles. The van der Waals surface area contributed by atoms with Crippen LogP contribution in [-0.4, -0.2) is 45.4 Å². The van der Waals surface area contributed by atoms with Crippen molar-refractivity contribution >= 4 is 37.0 Å². The predicted octanol–water partition coefficient (Wildman–Crippen LogP) is 3.09. The van der Waals surface area contributed by atoms with Crippen LogP contribution in [0.15, 0.2) is 41.3 Å². The van der Waals surface area contributed by atoms with E-state index < -0.39 is 42.5 Å². The van der Waals surface area contributed by atoms with Crippen LogP contribution in [-0.2, 0) is 18.1 Å². The maximum atomic E-state index is 14.7. The zero-order valence-corrected chi connectivity index (χ0v) is 18.5. The molecule has 1 aromatic carbocycles. The van der Waals surface area contributed by atoms with Gasteiger partial charge in [-0.05, 0) is 23.8 Å². The third-order valence-corrected chi connectivity index (χ3v) is 8.17. The lowest BCUT2D eigenvalue weighted by atomic mass is 10.1. The maximum absolute atomic E-state index is 14.7. The van der Waals surface area contributed by atoms with Crippen LogP contribution in [0.25, 0.3) is 0 Å². The molecule has 3 heterocycles. The van der Waals surface area contributed by atoms with Gasteiger partial charge in [-0.1, -0.05) is 23.7 Å². The van der Waals surface area contributed by atoms with E-state index in [4.69, 9.17) is 30.9 Å². The summed E-state index contributed by atoms with van der Waals surface area (Å²) in [6, 6.07) is 8.32. The first-order valence-electron chi connectivity index (χ1n) is 9.41. The molecule has 4 rings (SSSR count). The van der Waals surface area contributed by atoms with Crippen LogP contribution in [0.1, 0.15) is 23.5 Å². The van der Waals surface area contributed by atoms with E-state index in [1.54, 1.807) is 24.3 Å². The minimum atomic E-state index is -3.94. The summed E-state index contributed by atoms with van der Waals surface area (Å²) in [6.45, 7) is -0.171. The van der Waals surface area contributed by atoms with Gasteiger partial charge < -0.3 is 10.8 Å². The molecule has 0 spiro atoms. The number of alkyl halides is 1. The molecule has 9 nitrogen and oxygen atoms in total. The Morgan fingerprint density at radius 2 is 2.26 bits per heavy atom. The Morgan fingerprint density at radius 1 is 1.45 bits per heavy atom. The SMILES string of the molecule is Nc1ccn([C@@H]2S[C@H](COP3(=O)OCCC(c4cccc(Cl)c4)O3)[C@@H](O)[C@@H]2F)c(=O)n1. The second kappa shape index (κ2) is 9.19. The van der Waals surface area contributed by atoms with Crippen LogP contribution >= 0.6 is 31.2 Å². The molecule has 2 aliphatic rings. The number of benzene rings is 1. The van der Waals surface area contributed by atoms with E-state index in [1.165, 1.54) is 12.3 Å². The molecule has 0 saturated carbocycles. The summed E-state index contributed by atoms with van der Waals surface area (Å²) in [5.41, 5.74) is 5.46. The fourth-order valence-electron chi connectivity index (χ4n) is 3.36. The number of hydrogen-bond acceptors (Lipinski definition) is 9. The van der Waals surface area contributed by atoms with E-state index in [-0.39, 0.29) is 19.0 Å². The van der Waals surface area contributed by atoms with Gasteiger partial charge in [0.1, 0.15) is 17.3 Å². The number of halogens is 2. The third-order valence-electron chi connectivity index (χ3n) is 4.92. The number of nitrogen functional groups attached to an aromatic ring is 1. The number of phosphoric acid groups is 1. The van der Waals surface area contributed by atoms with Gasteiger partial charge >= 0.3 is 13.5 Å². The monoisotopic (exact) mass is 491 g/mol. The lowest BCUT2D eigenvalue weighted by Gasteiger charge is -2.29. The molecule has 31 heavy (non-hydrogen) atoms. The Balaban J connectivity index is 1.42. The predicted molar refractivity (Wildman–Crippen MR) is 114 cm³/mol. The van der Waals surface area contributed by atoms with E-state index in [0.717, 1.165) is 21.9 Å². The largest absolute Gasteiger partial charge is 0.475 e. The van der Waals surface area contributed by atoms with Gasteiger partial charge in [0.25, 0.3) is 0 Å². The van der Waals surface area contributed by atoms with Crippen LogP contribution in [0.5, 0.6) is 0 Å². The van der Waals surface area contributed by atoms with Crippen LogP contribution in [0.3, 0.4) is 0 Å². The van der Waals surface area contributed by atoms with Gasteiger partial charge in [0.05, 0.1) is 24.6 Å². The molecule has 168 valence electrons. The van der Waals surface area contributed by atoms with Crippen molar-refractivity contribution in [3.05, 3.63) is 57.6 Å². The molecule has 3 N–H and O–H groups in total. The summed E-state index contributed by atoms with van der Waals surface area (Å²) in [5, 5.41) is 8.96. The van der Waals surface area contributed by atoms with Crippen molar-refractivity contribution in [1.29, 1.82) is 0 Å². The molecule has 2 aromatic rings. The topological polar surface area (TPSA) is 126 Å². The molecule has 0 radical (unpaired) electrons. The lowest BCUT2D eigenvalue weighted by molar-refractivity contribution is 0.0184. The second-order valence-corrected chi connectivity index (χ2v) is 10.5. The van der Waals surface area contributed by atoms with Crippen molar-refractivity contribution in [1.82, 2.24) is 9.55 Å². The van der Waals surface area contributed by atoms with Gasteiger partial charge in [0.2, 0.25) is 0 Å². The smallest absolute Gasteiger partial charge is 0.389 e. The van der Waals surface area contributed by atoms with Crippen molar-refractivity contribution in [2.75, 3.05) is 18.9 Å². The zero-order chi connectivity index (χ0) is 22.2. The highest BCUT2D eigenvalue weighted by Crippen LogP contribution is 2.58. The van der Waals surface area contributed by atoms with E-state index in [9.17, 15) is 18.9 Å². The molecular formula is C18H20ClFN3O6PS. The second-order valence-electron chi connectivity index (χ2n) is 7.06. The molecule has 2 saturated heterocycles. The first-order valence-corrected chi connectivity index (χ1v) is 12.2. The van der Waals surface area contributed by atoms with Crippen molar-refractivity contribution < 1.29 is 27.6 Å². The number of aliphatic hydroxyl groups is 1. The summed E-state index contributed by atoms with van der Waals surface area (Å²) in [4.78, 5) is 15.6. The number of aliphatic hydroxyl groups excluding tert-OH is 1. The minimum Gasteiger partial charge on any atom is -0.389 e. The summed E-state index contributed by atoms with van der Waals surface area (Å²) in [7, 11) is -3.94. The van der Waals surface area contributed by atoms with Crippen molar-refractivity contribution in [3.8, 4) is 0 Å². The van der Waals surface area contributed by atoms with Crippen LogP contribution in [0.2, 0.25) is 5.02 Å². The quantitative estimate of drug-likeness (QED) is 0.606. The summed E-state index contributed by atoms with van der Waals surface area (Å²) >= 11 is 6.98. The fraction of sp³-hybridized carbons (Fsp3) is 0.444. The van der Waals surface area contributed by atoms with Crippen LogP contribution in [0.4, 0.5) is 10.2 Å². The Hall–Kier alpha value is -1.46. The maximum Gasteiger partial charge on any atom is 0.475 e. The van der Waals surface area contributed by atoms with Gasteiger partial charge in [-0.2, -0.15) is 4.98 Å². The fourth-order valence-corrected chi connectivity index (χ4v) is 6.49. The van der Waals surface area contributed by atoms with Gasteiger partial charge in [-0.15, -0.1) is 11.8 Å². The minimum absolute atomic E-state index is 0.0130. The Bertz CT molecular complexity index is 1060. The first kappa shape index (κ1) is 22.7. The summed E-state index contributed by atoms with van der Waals surface area (Å²) in [5.74, 6) is 0.0130. The molecule has 2 aliphatic heterocycles. The molecule has 0 amide bonds. The molecule has 0 aliphatic carbocycles. The number of rotatable bonds is 5. The van der Waals surface area contributed by atoms with Crippen LogP contribution in [0, 0.1) is 0 Å². The average molecular weight is 492 g/mol. The van der Waals surface area contributed by atoms with E-state index in [1.807, 2.05) is 0 Å².